The van der Waals surface area contributed by atoms with E-state index in [1.54, 1.807) is 55.6 Å². The Labute approximate surface area is 173 Å². The molecule has 0 radical (unpaired) electrons. The highest BCUT2D eigenvalue weighted by Crippen LogP contribution is 2.40. The van der Waals surface area contributed by atoms with Crippen molar-refractivity contribution in [2.75, 3.05) is 20.3 Å². The molecule has 0 bridgehead atoms. The molecule has 1 atom stereocenters. The molecule has 0 aromatic heterocycles. The molecular formula is C21H19Cl2NO4. The molecule has 5 nitrogen and oxygen atoms in total. The van der Waals surface area contributed by atoms with Gasteiger partial charge in [-0.05, 0) is 48.4 Å². The summed E-state index contributed by atoms with van der Waals surface area (Å²) in [6.45, 7) is 0.759. The van der Waals surface area contributed by atoms with Crippen LogP contribution in [0.2, 0.25) is 10.0 Å². The number of halogens is 2. The number of aliphatic hydroxyl groups is 1. The third-order valence-electron chi connectivity index (χ3n) is 4.57. The lowest BCUT2D eigenvalue weighted by Gasteiger charge is -2.25. The van der Waals surface area contributed by atoms with E-state index >= 15 is 0 Å². The number of methoxy groups -OCH3 is 1. The number of amides is 1. The summed E-state index contributed by atoms with van der Waals surface area (Å²) in [7, 11) is 1.57. The summed E-state index contributed by atoms with van der Waals surface area (Å²) in [4.78, 5) is 27.0. The highest BCUT2D eigenvalue weighted by atomic mass is 35.5. The third-order valence-corrected chi connectivity index (χ3v) is 5.06. The van der Waals surface area contributed by atoms with E-state index in [2.05, 4.69) is 0 Å². The van der Waals surface area contributed by atoms with Gasteiger partial charge in [-0.25, -0.2) is 0 Å². The lowest BCUT2D eigenvalue weighted by molar-refractivity contribution is -0.140. The van der Waals surface area contributed by atoms with Crippen molar-refractivity contribution in [3.05, 3.63) is 75.3 Å². The van der Waals surface area contributed by atoms with Crippen molar-refractivity contribution in [3.8, 4) is 0 Å². The lowest BCUT2D eigenvalue weighted by atomic mass is 9.95. The Morgan fingerprint density at radius 1 is 1.11 bits per heavy atom. The van der Waals surface area contributed by atoms with Crippen LogP contribution in [0, 0.1) is 0 Å². The first-order valence-corrected chi connectivity index (χ1v) is 9.48. The number of hydrogen-bond acceptors (Lipinski definition) is 4. The number of benzene rings is 2. The summed E-state index contributed by atoms with van der Waals surface area (Å²) in [6.07, 6.45) is 0.557. The first kappa shape index (κ1) is 20.4. The van der Waals surface area contributed by atoms with Gasteiger partial charge in [-0.15, -0.1) is 0 Å². The van der Waals surface area contributed by atoms with Gasteiger partial charge in [0, 0.05) is 35.9 Å². The Morgan fingerprint density at radius 2 is 1.82 bits per heavy atom. The molecular weight excluding hydrogens is 401 g/mol. The molecule has 0 saturated carbocycles. The summed E-state index contributed by atoms with van der Waals surface area (Å²) >= 11 is 12.0. The van der Waals surface area contributed by atoms with Gasteiger partial charge in [0.2, 0.25) is 0 Å². The van der Waals surface area contributed by atoms with E-state index < -0.39 is 17.7 Å². The minimum Gasteiger partial charge on any atom is -0.507 e. The largest absolute Gasteiger partial charge is 0.507 e. The molecule has 1 aliphatic rings. The molecule has 0 spiro atoms. The summed E-state index contributed by atoms with van der Waals surface area (Å²) in [5.41, 5.74) is 1.10. The average Bonchev–Trinajstić information content (AvgIpc) is 2.93. The maximum Gasteiger partial charge on any atom is 0.295 e. The molecule has 3 rings (SSSR count). The number of ketones is 1. The van der Waals surface area contributed by atoms with Crippen LogP contribution < -0.4 is 0 Å². The van der Waals surface area contributed by atoms with Crippen molar-refractivity contribution in [1.82, 2.24) is 4.90 Å². The van der Waals surface area contributed by atoms with Gasteiger partial charge in [0.1, 0.15) is 5.76 Å². The van der Waals surface area contributed by atoms with Crippen LogP contribution in [0.5, 0.6) is 0 Å². The number of likely N-dealkylation sites (tertiary alicyclic amines) is 1. The average molecular weight is 420 g/mol. The fourth-order valence-corrected chi connectivity index (χ4v) is 3.60. The second-order valence-corrected chi connectivity index (χ2v) is 7.27. The summed E-state index contributed by atoms with van der Waals surface area (Å²) in [5.74, 6) is -1.62. The van der Waals surface area contributed by atoms with Crippen LogP contribution >= 0.6 is 23.2 Å². The molecule has 1 fully saturated rings. The molecule has 1 heterocycles. The topological polar surface area (TPSA) is 66.8 Å². The van der Waals surface area contributed by atoms with Crippen LogP contribution in [0.15, 0.2) is 54.1 Å². The number of Topliss-reactive ketones (excluding diaryl/α,β-unsaturated/α-hetero) is 1. The second kappa shape index (κ2) is 8.78. The zero-order valence-corrected chi connectivity index (χ0v) is 16.7. The Balaban J connectivity index is 2.12. The van der Waals surface area contributed by atoms with Crippen molar-refractivity contribution < 1.29 is 19.4 Å². The quantitative estimate of drug-likeness (QED) is 0.325. The third kappa shape index (κ3) is 4.07. The smallest absolute Gasteiger partial charge is 0.295 e. The number of ether oxygens (including phenoxy) is 1. The van der Waals surface area contributed by atoms with Crippen molar-refractivity contribution in [3.63, 3.8) is 0 Å². The van der Waals surface area contributed by atoms with Crippen molar-refractivity contribution in [2.45, 2.75) is 12.5 Å². The van der Waals surface area contributed by atoms with E-state index in [9.17, 15) is 14.7 Å². The van der Waals surface area contributed by atoms with Gasteiger partial charge in [-0.1, -0.05) is 35.3 Å². The fourth-order valence-electron chi connectivity index (χ4n) is 3.28. The van der Waals surface area contributed by atoms with Gasteiger partial charge in [0.15, 0.2) is 0 Å². The number of carbonyl (C=O) groups excluding carboxylic acids is 2. The van der Waals surface area contributed by atoms with Gasteiger partial charge in [-0.2, -0.15) is 0 Å². The van der Waals surface area contributed by atoms with Gasteiger partial charge in [-0.3, -0.25) is 9.59 Å². The number of rotatable bonds is 6. The molecule has 1 N–H and O–H groups in total. The van der Waals surface area contributed by atoms with Crippen molar-refractivity contribution >= 4 is 40.7 Å². The van der Waals surface area contributed by atoms with Crippen molar-refractivity contribution in [2.24, 2.45) is 0 Å². The number of hydrogen-bond donors (Lipinski definition) is 1. The van der Waals surface area contributed by atoms with Crippen LogP contribution in [0.3, 0.4) is 0 Å². The summed E-state index contributed by atoms with van der Waals surface area (Å²) in [5, 5.41) is 11.8. The zero-order chi connectivity index (χ0) is 20.3. The maximum absolute atomic E-state index is 12.8. The van der Waals surface area contributed by atoms with Gasteiger partial charge in [0.05, 0.1) is 11.6 Å². The summed E-state index contributed by atoms with van der Waals surface area (Å²) in [6, 6.07) is 12.6. The maximum atomic E-state index is 12.8. The highest BCUT2D eigenvalue weighted by molar-refractivity contribution is 6.46. The normalized spacial score (nSPS) is 18.7. The van der Waals surface area contributed by atoms with Gasteiger partial charge < -0.3 is 14.7 Å². The minimum atomic E-state index is -0.730. The monoisotopic (exact) mass is 419 g/mol. The first-order chi connectivity index (χ1) is 13.4. The SMILES string of the molecule is COCCCN1C(=O)C(=O)/C(=C(/O)c2ccc(Cl)cc2)[C@H]1c1cccc(Cl)c1. The number of aliphatic hydroxyl groups excluding tert-OH is 1. The standard InChI is InChI=1S/C21H19Cl2NO4/c1-28-11-3-10-24-18(14-4-2-5-16(23)12-14)17(20(26)21(24)27)19(25)13-6-8-15(22)9-7-13/h2,4-9,12,18,25H,3,10-11H2,1H3/b19-17+/t18-/m1/s1. The van der Waals surface area contributed by atoms with Crippen LogP contribution in [-0.4, -0.2) is 42.0 Å². The Bertz CT molecular complexity index is 924. The molecule has 2 aromatic carbocycles. The molecule has 0 aliphatic carbocycles. The molecule has 1 aliphatic heterocycles. The zero-order valence-electron chi connectivity index (χ0n) is 15.2. The minimum absolute atomic E-state index is 0.0343. The predicted octanol–water partition coefficient (Wildman–Crippen LogP) is 4.45. The highest BCUT2D eigenvalue weighted by Gasteiger charge is 2.45. The van der Waals surface area contributed by atoms with E-state index in [0.717, 1.165) is 0 Å². The van der Waals surface area contributed by atoms with Gasteiger partial charge in [0.25, 0.3) is 11.7 Å². The second-order valence-electron chi connectivity index (χ2n) is 6.40. The first-order valence-electron chi connectivity index (χ1n) is 8.72. The Kier molecular flexibility index (Phi) is 6.39. The van der Waals surface area contributed by atoms with Crippen molar-refractivity contribution in [1.29, 1.82) is 0 Å². The van der Waals surface area contributed by atoms with Crippen LogP contribution in [0.1, 0.15) is 23.6 Å². The lowest BCUT2D eigenvalue weighted by Crippen LogP contribution is -2.31. The molecule has 7 heteroatoms. The fraction of sp³-hybridized carbons (Fsp3) is 0.238. The molecule has 1 saturated heterocycles. The number of nitrogens with zero attached hydrogens (tertiary/aromatic N) is 1. The van der Waals surface area contributed by atoms with E-state index in [4.69, 9.17) is 27.9 Å². The Morgan fingerprint density at radius 3 is 2.46 bits per heavy atom. The van der Waals surface area contributed by atoms with E-state index in [-0.39, 0.29) is 11.3 Å². The van der Waals surface area contributed by atoms with Crippen LogP contribution in [0.4, 0.5) is 0 Å². The molecule has 146 valence electrons. The van der Waals surface area contributed by atoms with E-state index in [1.807, 2.05) is 0 Å². The molecule has 1 amide bonds. The molecule has 0 unspecified atom stereocenters. The van der Waals surface area contributed by atoms with E-state index in [1.165, 1.54) is 4.90 Å². The van der Waals surface area contributed by atoms with Crippen LogP contribution in [-0.2, 0) is 14.3 Å². The predicted molar refractivity (Wildman–Crippen MR) is 108 cm³/mol. The summed E-state index contributed by atoms with van der Waals surface area (Å²) < 4.78 is 5.06. The van der Waals surface area contributed by atoms with Crippen LogP contribution in [0.25, 0.3) is 5.76 Å². The molecule has 28 heavy (non-hydrogen) atoms. The van der Waals surface area contributed by atoms with E-state index in [0.29, 0.717) is 40.7 Å². The molecule has 2 aromatic rings. The Hall–Kier alpha value is -2.34. The van der Waals surface area contributed by atoms with Gasteiger partial charge >= 0.3 is 0 Å². The number of carbonyl (C=O) groups is 2.